The maximum Gasteiger partial charge on any atom is 0.221 e. The van der Waals surface area contributed by atoms with Crippen molar-refractivity contribution in [2.24, 2.45) is 0 Å². The van der Waals surface area contributed by atoms with Gasteiger partial charge < -0.3 is 0 Å². The highest BCUT2D eigenvalue weighted by Crippen LogP contribution is 2.08. The first-order valence-electron chi connectivity index (χ1n) is 2.95. The Morgan fingerprint density at radius 1 is 1.78 bits per heavy atom. The maximum absolute atomic E-state index is 10.2. The molecule has 0 aromatic heterocycles. The standard InChI is InChI=1S/C6H10BrClO/c1-5(7)3-2-4-6(8)9/h5H,2-4H2,1H3. The summed E-state index contributed by atoms with van der Waals surface area (Å²) in [5, 5.41) is -0.233. The smallest absolute Gasteiger partial charge is 0.221 e. The number of hydrogen-bond donors (Lipinski definition) is 0. The number of alkyl halides is 1. The average molecular weight is 214 g/mol. The Labute approximate surface area is 68.9 Å². The van der Waals surface area contributed by atoms with Crippen molar-refractivity contribution in [3.8, 4) is 0 Å². The molecule has 0 aliphatic carbocycles. The Morgan fingerprint density at radius 2 is 2.33 bits per heavy atom. The molecule has 9 heavy (non-hydrogen) atoms. The van der Waals surface area contributed by atoms with Crippen LogP contribution in [0.25, 0.3) is 0 Å². The van der Waals surface area contributed by atoms with Crippen molar-refractivity contribution >= 4 is 32.8 Å². The van der Waals surface area contributed by atoms with E-state index in [0.29, 0.717) is 11.2 Å². The molecule has 1 unspecified atom stereocenters. The van der Waals surface area contributed by atoms with Crippen molar-refractivity contribution in [3.05, 3.63) is 0 Å². The molecule has 1 atom stereocenters. The van der Waals surface area contributed by atoms with Gasteiger partial charge in [0.15, 0.2) is 0 Å². The van der Waals surface area contributed by atoms with Crippen molar-refractivity contribution in [1.82, 2.24) is 0 Å². The van der Waals surface area contributed by atoms with Crippen molar-refractivity contribution in [2.45, 2.75) is 31.0 Å². The minimum atomic E-state index is -0.233. The van der Waals surface area contributed by atoms with E-state index in [1.165, 1.54) is 0 Å². The van der Waals surface area contributed by atoms with E-state index in [9.17, 15) is 4.79 Å². The highest BCUT2D eigenvalue weighted by Gasteiger charge is 1.98. The van der Waals surface area contributed by atoms with E-state index < -0.39 is 0 Å². The van der Waals surface area contributed by atoms with E-state index in [-0.39, 0.29) is 5.24 Å². The van der Waals surface area contributed by atoms with Gasteiger partial charge in [-0.25, -0.2) is 0 Å². The monoisotopic (exact) mass is 212 g/mol. The van der Waals surface area contributed by atoms with E-state index in [1.54, 1.807) is 0 Å². The summed E-state index contributed by atoms with van der Waals surface area (Å²) in [7, 11) is 0. The Morgan fingerprint density at radius 3 is 2.67 bits per heavy atom. The first-order chi connectivity index (χ1) is 4.13. The van der Waals surface area contributed by atoms with Crippen LogP contribution < -0.4 is 0 Å². The molecule has 0 rings (SSSR count). The summed E-state index contributed by atoms with van der Waals surface area (Å²) in [6, 6.07) is 0. The number of hydrogen-bond acceptors (Lipinski definition) is 1. The first-order valence-corrected chi connectivity index (χ1v) is 4.24. The summed E-state index contributed by atoms with van der Waals surface area (Å²) >= 11 is 8.48. The van der Waals surface area contributed by atoms with Gasteiger partial charge in [0.05, 0.1) is 0 Å². The minimum Gasteiger partial charge on any atom is -0.281 e. The molecule has 54 valence electrons. The van der Waals surface area contributed by atoms with Crippen LogP contribution in [0.2, 0.25) is 0 Å². The van der Waals surface area contributed by atoms with E-state index in [2.05, 4.69) is 22.9 Å². The molecule has 0 bridgehead atoms. The van der Waals surface area contributed by atoms with E-state index in [1.807, 2.05) is 0 Å². The second-order valence-electron chi connectivity index (χ2n) is 2.03. The van der Waals surface area contributed by atoms with Gasteiger partial charge in [-0.2, -0.15) is 0 Å². The van der Waals surface area contributed by atoms with Crippen LogP contribution in [0.15, 0.2) is 0 Å². The molecular weight excluding hydrogens is 203 g/mol. The predicted octanol–water partition coefficient (Wildman–Crippen LogP) is 2.71. The lowest BCUT2D eigenvalue weighted by Gasteiger charge is -1.98. The van der Waals surface area contributed by atoms with Gasteiger partial charge in [-0.3, -0.25) is 4.79 Å². The van der Waals surface area contributed by atoms with Gasteiger partial charge >= 0.3 is 0 Å². The fourth-order valence-corrected chi connectivity index (χ4v) is 0.980. The molecular formula is C6H10BrClO. The first kappa shape index (κ1) is 9.44. The van der Waals surface area contributed by atoms with Crippen LogP contribution in [0, 0.1) is 0 Å². The number of carbonyl (C=O) groups is 1. The zero-order chi connectivity index (χ0) is 7.28. The molecule has 0 fully saturated rings. The zero-order valence-corrected chi connectivity index (χ0v) is 7.70. The lowest BCUT2D eigenvalue weighted by atomic mass is 10.2. The molecule has 1 nitrogen and oxygen atoms in total. The molecule has 3 heteroatoms. The Balaban J connectivity index is 3.01. The summed E-state index contributed by atoms with van der Waals surface area (Å²) in [5.41, 5.74) is 0. The molecule has 0 radical (unpaired) electrons. The number of halogens is 2. The topological polar surface area (TPSA) is 17.1 Å². The molecule has 0 heterocycles. The van der Waals surface area contributed by atoms with Crippen LogP contribution in [0.1, 0.15) is 26.2 Å². The van der Waals surface area contributed by atoms with Crippen LogP contribution >= 0.6 is 27.5 Å². The van der Waals surface area contributed by atoms with Crippen LogP contribution in [-0.2, 0) is 4.79 Å². The Bertz CT molecular complexity index is 93.1. The third-order valence-electron chi connectivity index (χ3n) is 0.975. The second kappa shape index (κ2) is 5.24. The van der Waals surface area contributed by atoms with Crippen molar-refractivity contribution < 1.29 is 4.79 Å². The fourth-order valence-electron chi connectivity index (χ4n) is 0.522. The summed E-state index contributed by atoms with van der Waals surface area (Å²) in [4.78, 5) is 10.7. The maximum atomic E-state index is 10.2. The molecule has 0 aliphatic heterocycles. The van der Waals surface area contributed by atoms with E-state index in [4.69, 9.17) is 11.6 Å². The Kier molecular flexibility index (Phi) is 5.50. The molecule has 0 spiro atoms. The lowest BCUT2D eigenvalue weighted by molar-refractivity contribution is -0.111. The molecule has 0 saturated heterocycles. The molecule has 0 aromatic rings. The molecule has 0 saturated carbocycles. The van der Waals surface area contributed by atoms with Crippen molar-refractivity contribution in [1.29, 1.82) is 0 Å². The molecule has 0 aromatic carbocycles. The largest absolute Gasteiger partial charge is 0.281 e. The quantitative estimate of drug-likeness (QED) is 0.518. The normalized spacial score (nSPS) is 13.2. The molecule has 0 amide bonds. The van der Waals surface area contributed by atoms with Crippen LogP contribution in [0.4, 0.5) is 0 Å². The predicted molar refractivity (Wildman–Crippen MR) is 43.1 cm³/mol. The highest BCUT2D eigenvalue weighted by atomic mass is 79.9. The molecule has 0 aliphatic rings. The summed E-state index contributed by atoms with van der Waals surface area (Å²) < 4.78 is 0. The van der Waals surface area contributed by atoms with Gasteiger partial charge in [0.25, 0.3) is 0 Å². The molecule has 0 N–H and O–H groups in total. The Hall–Kier alpha value is 0.440. The third-order valence-corrected chi connectivity index (χ3v) is 1.62. The number of rotatable bonds is 4. The zero-order valence-electron chi connectivity index (χ0n) is 5.36. The van der Waals surface area contributed by atoms with Crippen molar-refractivity contribution in [2.75, 3.05) is 0 Å². The third kappa shape index (κ3) is 8.44. The minimum absolute atomic E-state index is 0.233. The second-order valence-corrected chi connectivity index (χ2v) is 4.01. The summed E-state index contributed by atoms with van der Waals surface area (Å²) in [6.45, 7) is 2.05. The van der Waals surface area contributed by atoms with E-state index in [0.717, 1.165) is 12.8 Å². The highest BCUT2D eigenvalue weighted by molar-refractivity contribution is 9.09. The van der Waals surface area contributed by atoms with Gasteiger partial charge in [0.1, 0.15) is 0 Å². The van der Waals surface area contributed by atoms with Gasteiger partial charge in [-0.05, 0) is 24.4 Å². The van der Waals surface area contributed by atoms with Crippen LogP contribution in [0.5, 0.6) is 0 Å². The van der Waals surface area contributed by atoms with Gasteiger partial charge in [0, 0.05) is 11.2 Å². The number of carbonyl (C=O) groups excluding carboxylic acids is 1. The van der Waals surface area contributed by atoms with E-state index >= 15 is 0 Å². The van der Waals surface area contributed by atoms with Crippen LogP contribution in [0.3, 0.4) is 0 Å². The lowest BCUT2D eigenvalue weighted by Crippen LogP contribution is -1.92. The fraction of sp³-hybridized carbons (Fsp3) is 0.833. The van der Waals surface area contributed by atoms with Gasteiger partial charge in [0.2, 0.25) is 5.24 Å². The van der Waals surface area contributed by atoms with Crippen LogP contribution in [-0.4, -0.2) is 10.1 Å². The average Bonchev–Trinajstić information content (AvgIpc) is 1.63. The van der Waals surface area contributed by atoms with Crippen molar-refractivity contribution in [3.63, 3.8) is 0 Å². The van der Waals surface area contributed by atoms with Gasteiger partial charge in [-0.15, -0.1) is 0 Å². The summed E-state index contributed by atoms with van der Waals surface area (Å²) in [6.07, 6.45) is 2.39. The SMILES string of the molecule is CC(Br)CCCC(=O)Cl. The van der Waals surface area contributed by atoms with Gasteiger partial charge in [-0.1, -0.05) is 22.9 Å². The summed E-state index contributed by atoms with van der Waals surface area (Å²) in [5.74, 6) is 0.